The van der Waals surface area contributed by atoms with Crippen molar-refractivity contribution in [1.82, 2.24) is 4.98 Å². The second-order valence-electron chi connectivity index (χ2n) is 5.37. The fraction of sp³-hybridized carbons (Fsp3) is 0.467. The Morgan fingerprint density at radius 1 is 1.59 bits per heavy atom. The topological polar surface area (TPSA) is 81.2 Å². The third-order valence-corrected chi connectivity index (χ3v) is 4.99. The van der Waals surface area contributed by atoms with Gasteiger partial charge in [0.25, 0.3) is 5.91 Å². The quantitative estimate of drug-likeness (QED) is 0.893. The van der Waals surface area contributed by atoms with E-state index in [1.54, 1.807) is 17.4 Å². The van der Waals surface area contributed by atoms with E-state index in [0.717, 1.165) is 24.5 Å². The molecule has 22 heavy (non-hydrogen) atoms. The number of nitrogens with zero attached hydrogens (tertiary/aromatic N) is 1. The number of nitrogens with one attached hydrogen (secondary N) is 1. The molecule has 120 valence electrons. The third-order valence-electron chi connectivity index (χ3n) is 3.96. The summed E-state index contributed by atoms with van der Waals surface area (Å²) in [6.07, 6.45) is 5.93. The average Bonchev–Trinajstić information content (AvgIpc) is 3.12. The highest BCUT2D eigenvalue weighted by Crippen LogP contribution is 2.33. The molecule has 2 aromatic heterocycles. The van der Waals surface area contributed by atoms with Crippen LogP contribution in [0.15, 0.2) is 16.7 Å². The Kier molecular flexibility index (Phi) is 5.61. The lowest BCUT2D eigenvalue weighted by molar-refractivity contribution is 0.102. The molecule has 0 aromatic carbocycles. The van der Waals surface area contributed by atoms with Crippen molar-refractivity contribution >= 4 is 34.8 Å². The van der Waals surface area contributed by atoms with Crippen molar-refractivity contribution in [2.24, 2.45) is 11.7 Å². The van der Waals surface area contributed by atoms with Crippen LogP contribution in [0, 0.1) is 5.92 Å². The molecule has 0 saturated heterocycles. The third kappa shape index (κ3) is 3.51. The Hall–Kier alpha value is -1.37. The molecule has 2 aromatic rings. The molecule has 1 aliphatic rings. The summed E-state index contributed by atoms with van der Waals surface area (Å²) in [5, 5.41) is 3.53. The van der Waals surface area contributed by atoms with Crippen molar-refractivity contribution in [2.75, 3.05) is 5.32 Å². The van der Waals surface area contributed by atoms with Gasteiger partial charge in [-0.1, -0.05) is 13.3 Å². The van der Waals surface area contributed by atoms with Crippen molar-refractivity contribution in [2.45, 2.75) is 39.2 Å². The summed E-state index contributed by atoms with van der Waals surface area (Å²) in [6, 6.07) is 1.66. The zero-order valence-electron chi connectivity index (χ0n) is 12.4. The van der Waals surface area contributed by atoms with Gasteiger partial charge >= 0.3 is 0 Å². The lowest BCUT2D eigenvalue weighted by Gasteiger charge is -2.18. The number of carbonyl (C=O) groups is 1. The number of anilines is 1. The molecular weight excluding hydrogens is 322 g/mol. The van der Waals surface area contributed by atoms with Crippen LogP contribution < -0.4 is 11.1 Å². The Balaban J connectivity index is 0.00000176. The van der Waals surface area contributed by atoms with E-state index in [9.17, 15) is 4.79 Å². The highest BCUT2D eigenvalue weighted by atomic mass is 35.5. The number of rotatable bonds is 4. The Morgan fingerprint density at radius 3 is 3.09 bits per heavy atom. The summed E-state index contributed by atoms with van der Waals surface area (Å²) < 4.78 is 5.18. The van der Waals surface area contributed by atoms with Gasteiger partial charge in [0.1, 0.15) is 12.0 Å². The first-order valence-corrected chi connectivity index (χ1v) is 8.08. The van der Waals surface area contributed by atoms with Crippen LogP contribution in [0.1, 0.15) is 46.5 Å². The second-order valence-corrected chi connectivity index (χ2v) is 6.45. The zero-order valence-corrected chi connectivity index (χ0v) is 14.1. The van der Waals surface area contributed by atoms with Crippen LogP contribution >= 0.6 is 23.7 Å². The van der Waals surface area contributed by atoms with Gasteiger partial charge in [-0.05, 0) is 31.2 Å². The van der Waals surface area contributed by atoms with Crippen LogP contribution in [0.4, 0.5) is 5.13 Å². The zero-order chi connectivity index (χ0) is 14.8. The van der Waals surface area contributed by atoms with Gasteiger partial charge in [-0.15, -0.1) is 23.7 Å². The maximum Gasteiger partial charge on any atom is 0.260 e. The number of furan rings is 1. The van der Waals surface area contributed by atoms with Crippen molar-refractivity contribution in [3.8, 4) is 0 Å². The summed E-state index contributed by atoms with van der Waals surface area (Å²) in [5.74, 6) is 1.16. The molecule has 3 rings (SSSR count). The summed E-state index contributed by atoms with van der Waals surface area (Å²) >= 11 is 1.59. The minimum atomic E-state index is -0.198. The SMILES string of the molecule is CCC1CCc2nc(NC(=O)c3coc(CN)c3)sc2C1.Cl. The molecule has 1 aliphatic carbocycles. The van der Waals surface area contributed by atoms with E-state index < -0.39 is 0 Å². The smallest absolute Gasteiger partial charge is 0.260 e. The van der Waals surface area contributed by atoms with Gasteiger partial charge in [0.2, 0.25) is 0 Å². The van der Waals surface area contributed by atoms with E-state index in [4.69, 9.17) is 10.2 Å². The van der Waals surface area contributed by atoms with Crippen molar-refractivity contribution < 1.29 is 9.21 Å². The fourth-order valence-corrected chi connectivity index (χ4v) is 3.74. The summed E-state index contributed by atoms with van der Waals surface area (Å²) in [5.41, 5.74) is 7.10. The number of hydrogen-bond donors (Lipinski definition) is 2. The molecule has 0 saturated carbocycles. The molecule has 3 N–H and O–H groups in total. The Morgan fingerprint density at radius 2 is 2.41 bits per heavy atom. The van der Waals surface area contributed by atoms with E-state index >= 15 is 0 Å². The molecule has 1 unspecified atom stereocenters. The van der Waals surface area contributed by atoms with Crippen LogP contribution in [0.25, 0.3) is 0 Å². The Labute approximate surface area is 139 Å². The minimum Gasteiger partial charge on any atom is -0.467 e. The molecule has 1 atom stereocenters. The number of halogens is 1. The maximum atomic E-state index is 12.1. The van der Waals surface area contributed by atoms with Gasteiger partial charge in [0, 0.05) is 4.88 Å². The first kappa shape index (κ1) is 17.0. The van der Waals surface area contributed by atoms with Gasteiger partial charge in [-0.25, -0.2) is 4.98 Å². The molecule has 0 bridgehead atoms. The molecule has 0 aliphatic heterocycles. The number of hydrogen-bond acceptors (Lipinski definition) is 5. The lowest BCUT2D eigenvalue weighted by atomic mass is 9.89. The van der Waals surface area contributed by atoms with E-state index in [0.29, 0.717) is 16.5 Å². The largest absolute Gasteiger partial charge is 0.467 e. The monoisotopic (exact) mass is 341 g/mol. The molecule has 1 amide bonds. The summed E-state index contributed by atoms with van der Waals surface area (Å²) in [6.45, 7) is 2.52. The van der Waals surface area contributed by atoms with Crippen molar-refractivity contribution in [3.63, 3.8) is 0 Å². The number of nitrogens with two attached hydrogens (primary N) is 1. The van der Waals surface area contributed by atoms with Crippen LogP contribution in [0.2, 0.25) is 0 Å². The maximum absolute atomic E-state index is 12.1. The number of aromatic nitrogens is 1. The highest BCUT2D eigenvalue weighted by molar-refractivity contribution is 7.15. The molecule has 2 heterocycles. The number of aryl methyl sites for hydroxylation is 1. The van der Waals surface area contributed by atoms with Gasteiger partial charge in [0.05, 0.1) is 17.8 Å². The minimum absolute atomic E-state index is 0. The Bertz CT molecular complexity index is 653. The molecule has 5 nitrogen and oxygen atoms in total. The van der Waals surface area contributed by atoms with Crippen LogP contribution in [-0.4, -0.2) is 10.9 Å². The first-order valence-electron chi connectivity index (χ1n) is 7.27. The number of amides is 1. The molecule has 0 fully saturated rings. The average molecular weight is 342 g/mol. The van der Waals surface area contributed by atoms with Gasteiger partial charge in [0.15, 0.2) is 5.13 Å². The van der Waals surface area contributed by atoms with Gasteiger partial charge < -0.3 is 10.2 Å². The fourth-order valence-electron chi connectivity index (χ4n) is 2.62. The molecular formula is C15H20ClN3O2S. The summed E-state index contributed by atoms with van der Waals surface area (Å²) in [4.78, 5) is 18.0. The standard InChI is InChI=1S/C15H19N3O2S.ClH/c1-2-9-3-4-12-13(5-9)21-15(17-12)18-14(19)10-6-11(7-16)20-8-10;/h6,8-9H,2-5,7,16H2,1H3,(H,17,18,19);1H. The molecule has 7 heteroatoms. The normalized spacial score (nSPS) is 16.7. The predicted octanol–water partition coefficient (Wildman–Crippen LogP) is 3.38. The van der Waals surface area contributed by atoms with E-state index in [1.165, 1.54) is 24.0 Å². The predicted molar refractivity (Wildman–Crippen MR) is 89.7 cm³/mol. The van der Waals surface area contributed by atoms with Gasteiger partial charge in [-0.2, -0.15) is 0 Å². The van der Waals surface area contributed by atoms with Crippen LogP contribution in [-0.2, 0) is 19.4 Å². The second kappa shape index (κ2) is 7.26. The van der Waals surface area contributed by atoms with Crippen molar-refractivity contribution in [1.29, 1.82) is 0 Å². The van der Waals surface area contributed by atoms with E-state index in [1.807, 2.05) is 0 Å². The number of thiazole rings is 1. The number of fused-ring (bicyclic) bond motifs is 1. The first-order chi connectivity index (χ1) is 10.2. The van der Waals surface area contributed by atoms with Gasteiger partial charge in [-0.3, -0.25) is 10.1 Å². The number of carbonyl (C=O) groups excluding carboxylic acids is 1. The molecule has 0 radical (unpaired) electrons. The van der Waals surface area contributed by atoms with Crippen LogP contribution in [0.3, 0.4) is 0 Å². The lowest BCUT2D eigenvalue weighted by Crippen LogP contribution is -2.12. The van der Waals surface area contributed by atoms with Crippen LogP contribution in [0.5, 0.6) is 0 Å². The highest BCUT2D eigenvalue weighted by Gasteiger charge is 2.22. The van der Waals surface area contributed by atoms with E-state index in [2.05, 4.69) is 17.2 Å². The molecule has 0 spiro atoms. The van der Waals surface area contributed by atoms with Crippen molar-refractivity contribution in [3.05, 3.63) is 34.2 Å². The summed E-state index contributed by atoms with van der Waals surface area (Å²) in [7, 11) is 0. The van der Waals surface area contributed by atoms with E-state index in [-0.39, 0.29) is 24.9 Å².